The molecule has 0 rings (SSSR count). The van der Waals surface area contributed by atoms with Gasteiger partial charge in [0.15, 0.2) is 0 Å². The fraction of sp³-hybridized carbons (Fsp3) is 1.00. The summed E-state index contributed by atoms with van der Waals surface area (Å²) in [5.41, 5.74) is 0. The Hall–Kier alpha value is 1.72. The van der Waals surface area contributed by atoms with Crippen LogP contribution >= 0.6 is 32.5 Å². The quantitative estimate of drug-likeness (QED) is 0.695. The third-order valence-corrected chi connectivity index (χ3v) is 1.54. The zero-order chi connectivity index (χ0) is 6.83. The van der Waals surface area contributed by atoms with Gasteiger partial charge in [-0.15, -0.1) is 0 Å². The first-order chi connectivity index (χ1) is 3.83. The van der Waals surface area contributed by atoms with E-state index in [0.29, 0.717) is 0 Å². The van der Waals surface area contributed by atoms with Crippen LogP contribution in [0.2, 0.25) is 4.44 Å². The van der Waals surface area contributed by atoms with Crippen LogP contribution in [0.15, 0.2) is 0 Å². The average molecular weight is 352 g/mol. The normalized spacial score (nSPS) is 7.50. The molecular weight excluding hydrogens is 343 g/mol. The molecule has 1 nitrogen and oxygen atoms in total. The third-order valence-electron chi connectivity index (χ3n) is 0.530. The first kappa shape index (κ1) is 12.4. The number of rotatable bonds is 2. The first-order valence-electron chi connectivity index (χ1n) is 2.37. The second-order valence-corrected chi connectivity index (χ2v) is 4.11. The van der Waals surface area contributed by atoms with Gasteiger partial charge in [-0.1, -0.05) is 0 Å². The molecule has 0 saturated heterocycles. The van der Waals surface area contributed by atoms with Gasteiger partial charge >= 0.3 is 46.7 Å². The molecule has 3 radical (unpaired) electrons. The molecule has 8 heavy (non-hydrogen) atoms. The minimum absolute atomic E-state index is 1.37. The summed E-state index contributed by atoms with van der Waals surface area (Å²) >= 11 is 6.81. The van der Waals surface area contributed by atoms with Crippen LogP contribution < -0.4 is 0 Å². The number of hydrogen-bond donors (Lipinski definition) is 0. The zero-order valence-corrected chi connectivity index (χ0v) is 10.8. The minimum atomic E-state index is 1.37. The molecule has 0 bridgehead atoms. The van der Waals surface area contributed by atoms with Gasteiger partial charge in [0.25, 0.3) is 0 Å². The second kappa shape index (κ2) is 15.9. The molecule has 4 heteroatoms. The molecule has 0 aromatic rings. The third kappa shape index (κ3) is 25.2. The average Bonchev–Trinajstić information content (AvgIpc) is 1.71. The van der Waals surface area contributed by atoms with Crippen molar-refractivity contribution in [2.45, 2.75) is 24.2 Å². The molecule has 0 heterocycles. The number of unbranched alkanes of at least 4 members (excludes halogenated alkanes) is 1. The van der Waals surface area contributed by atoms with E-state index < -0.39 is 0 Å². The van der Waals surface area contributed by atoms with Crippen molar-refractivity contribution in [1.82, 2.24) is 0 Å². The van der Waals surface area contributed by atoms with Gasteiger partial charge in [0.1, 0.15) is 32.5 Å². The van der Waals surface area contributed by atoms with E-state index in [1.807, 2.05) is 0 Å². The molecule has 0 aliphatic rings. The summed E-state index contributed by atoms with van der Waals surface area (Å²) in [7, 11) is 0. The Balaban J connectivity index is 0. The van der Waals surface area contributed by atoms with Crippen molar-refractivity contribution in [3.05, 3.63) is 0 Å². The number of hydrogen-bond acceptors (Lipinski definition) is 1. The fourth-order valence-electron chi connectivity index (χ4n) is 0.177. The van der Waals surface area contributed by atoms with Crippen LogP contribution in [0, 0.1) is 0 Å². The Bertz CT molecular complexity index is 28.0. The van der Waals surface area contributed by atoms with Crippen LogP contribution in [-0.4, -0.2) is 22.5 Å². The van der Waals surface area contributed by atoms with Crippen LogP contribution in [0.3, 0.4) is 0 Å². The molecule has 0 aromatic heterocycles. The zero-order valence-electron chi connectivity index (χ0n) is 4.79. The molecule has 0 atom stereocenters. The fourth-order valence-corrected chi connectivity index (χ4v) is 1.19. The van der Waals surface area contributed by atoms with Crippen LogP contribution in [0.4, 0.5) is 0 Å². The van der Waals surface area contributed by atoms with Crippen molar-refractivity contribution in [1.29, 1.82) is 0 Å². The van der Waals surface area contributed by atoms with E-state index in [0.717, 1.165) is 0 Å². The predicted molar refractivity (Wildman–Crippen MR) is 44.4 cm³/mol. The van der Waals surface area contributed by atoms with Gasteiger partial charge < -0.3 is 0 Å². The van der Waals surface area contributed by atoms with Crippen molar-refractivity contribution in [3.8, 4) is 0 Å². The molecule has 0 unspecified atom stereocenters. The molecule has 0 saturated carbocycles. The summed E-state index contributed by atoms with van der Waals surface area (Å²) in [6.45, 7) is 2.23. The number of halogens is 2. The van der Waals surface area contributed by atoms with Crippen LogP contribution in [0.25, 0.3) is 0 Å². The summed E-state index contributed by atoms with van der Waals surface area (Å²) in [6.07, 6.45) is 2.80. The van der Waals surface area contributed by atoms with Crippen LogP contribution in [-0.2, 0) is 2.92 Å². The Morgan fingerprint density at radius 1 is 1.50 bits per heavy atom. The van der Waals surface area contributed by atoms with E-state index in [2.05, 4.69) is 42.4 Å². The van der Waals surface area contributed by atoms with Gasteiger partial charge in [-0.2, -0.15) is 0 Å². The Kier molecular flexibility index (Phi) is 24.6. The molecular formula is C4H9Br2OSn. The summed E-state index contributed by atoms with van der Waals surface area (Å²) in [5, 5.41) is 0. The molecule has 0 aliphatic carbocycles. The van der Waals surface area contributed by atoms with E-state index in [1.165, 1.54) is 17.3 Å². The maximum absolute atomic E-state index is 3.88. The van der Waals surface area contributed by atoms with Crippen molar-refractivity contribution in [2.75, 3.05) is 0 Å². The molecule has 0 spiro atoms. The van der Waals surface area contributed by atoms with E-state index >= 15 is 0 Å². The van der Waals surface area contributed by atoms with Gasteiger partial charge in [0.05, 0.1) is 0 Å². The van der Waals surface area contributed by atoms with Crippen LogP contribution in [0.1, 0.15) is 19.8 Å². The molecule has 0 aliphatic heterocycles. The van der Waals surface area contributed by atoms with Crippen molar-refractivity contribution in [2.24, 2.45) is 0 Å². The second-order valence-electron chi connectivity index (χ2n) is 1.16. The van der Waals surface area contributed by atoms with E-state index in [-0.39, 0.29) is 0 Å². The molecule has 0 fully saturated rings. The molecule has 0 N–H and O–H groups in total. The Labute approximate surface area is 81.5 Å². The van der Waals surface area contributed by atoms with Gasteiger partial charge in [-0.3, -0.25) is 0 Å². The van der Waals surface area contributed by atoms with Crippen LogP contribution in [0.5, 0.6) is 0 Å². The Morgan fingerprint density at radius 2 is 1.88 bits per heavy atom. The summed E-state index contributed by atoms with van der Waals surface area (Å²) in [5.74, 6) is 0. The van der Waals surface area contributed by atoms with Gasteiger partial charge in [0.2, 0.25) is 0 Å². The summed E-state index contributed by atoms with van der Waals surface area (Å²) < 4.78 is 5.31. The topological polar surface area (TPSA) is 9.23 Å². The Morgan fingerprint density at radius 3 is 1.88 bits per heavy atom. The molecule has 0 amide bonds. The van der Waals surface area contributed by atoms with E-state index in [9.17, 15) is 0 Å². The predicted octanol–water partition coefficient (Wildman–Crippen LogP) is 3.00. The SMILES string of the molecule is BrOBr.CCC[CH2][Sn]. The first-order valence-corrected chi connectivity index (χ1v) is 5.68. The molecule has 49 valence electrons. The van der Waals surface area contributed by atoms with Crippen molar-refractivity contribution >= 4 is 55.0 Å². The van der Waals surface area contributed by atoms with Crippen molar-refractivity contribution in [3.63, 3.8) is 0 Å². The summed E-state index contributed by atoms with van der Waals surface area (Å²) in [4.78, 5) is 0. The monoisotopic (exact) mass is 351 g/mol. The standard InChI is InChI=1S/C4H9.Br2O.Sn/c1-3-4-2;1-3-2;/h1,3-4H2,2H3;;. The maximum atomic E-state index is 3.88. The van der Waals surface area contributed by atoms with Crippen molar-refractivity contribution < 1.29 is 2.92 Å². The molecule has 0 aromatic carbocycles. The van der Waals surface area contributed by atoms with Gasteiger partial charge in [-0.25, -0.2) is 2.92 Å². The van der Waals surface area contributed by atoms with Gasteiger partial charge in [-0.05, 0) is 0 Å². The summed E-state index contributed by atoms with van der Waals surface area (Å²) in [6, 6.07) is 0. The van der Waals surface area contributed by atoms with E-state index in [1.54, 1.807) is 22.5 Å². The van der Waals surface area contributed by atoms with Gasteiger partial charge in [0, 0.05) is 0 Å². The van der Waals surface area contributed by atoms with E-state index in [4.69, 9.17) is 0 Å².